The number of hydrogen-bond donors (Lipinski definition) is 0. The van der Waals surface area contributed by atoms with Crippen molar-refractivity contribution in [2.24, 2.45) is 0 Å². The van der Waals surface area contributed by atoms with Crippen LogP contribution in [-0.2, 0) is 42.4 Å². The van der Waals surface area contributed by atoms with Crippen molar-refractivity contribution in [2.45, 2.75) is 40.5 Å². The van der Waals surface area contributed by atoms with Crippen LogP contribution in [0.15, 0.2) is 36.1 Å². The minimum absolute atomic E-state index is 0. The summed E-state index contributed by atoms with van der Waals surface area (Å²) in [5.41, 5.74) is 8.06. The summed E-state index contributed by atoms with van der Waals surface area (Å²) in [5.74, 6) is 0. The van der Waals surface area contributed by atoms with Crippen molar-refractivity contribution < 1.29 is 41.1 Å². The van der Waals surface area contributed by atoms with Crippen molar-refractivity contribution in [3.05, 3.63) is 64.0 Å². The van der Waals surface area contributed by atoms with E-state index in [1.807, 2.05) is 12.2 Å². The van der Waals surface area contributed by atoms with E-state index in [4.69, 9.17) is 18.9 Å². The Morgan fingerprint density at radius 1 is 0.839 bits per heavy atom. The van der Waals surface area contributed by atoms with E-state index in [1.165, 1.54) is 27.8 Å². The number of ether oxygens (including phenoxy) is 4. The van der Waals surface area contributed by atoms with Crippen molar-refractivity contribution in [1.82, 2.24) is 0 Å². The second-order valence-electron chi connectivity index (χ2n) is 7.25. The molecule has 0 saturated carbocycles. The molecule has 6 heteroatoms. The molecule has 0 saturated heterocycles. The molecule has 1 aromatic carbocycles. The Labute approximate surface area is 198 Å². The van der Waals surface area contributed by atoms with Gasteiger partial charge in [0, 0.05) is 13.7 Å². The molecule has 0 bridgehead atoms. The zero-order valence-electron chi connectivity index (χ0n) is 19.6. The Morgan fingerprint density at radius 2 is 1.35 bits per heavy atom. The molecule has 31 heavy (non-hydrogen) atoms. The first kappa shape index (κ1) is 29.7. The van der Waals surface area contributed by atoms with Gasteiger partial charge in [-0.1, -0.05) is 52.0 Å². The summed E-state index contributed by atoms with van der Waals surface area (Å²) >= 11 is 0. The van der Waals surface area contributed by atoms with Gasteiger partial charge in [0.15, 0.2) is 0 Å². The molecule has 0 aliphatic heterocycles. The molecule has 0 unspecified atom stereocenters. The van der Waals surface area contributed by atoms with Crippen molar-refractivity contribution in [2.75, 3.05) is 53.4 Å². The van der Waals surface area contributed by atoms with Crippen molar-refractivity contribution in [3.8, 4) is 0 Å². The summed E-state index contributed by atoms with van der Waals surface area (Å²) in [6, 6.07) is 0. The first-order valence-electron chi connectivity index (χ1n) is 10.6. The van der Waals surface area contributed by atoms with Gasteiger partial charge in [0.05, 0.1) is 39.6 Å². The summed E-state index contributed by atoms with van der Waals surface area (Å²) in [4.78, 5) is 0. The molecule has 2 rings (SSSR count). The van der Waals surface area contributed by atoms with Crippen molar-refractivity contribution >= 4 is 0 Å². The minimum atomic E-state index is 0. The van der Waals surface area contributed by atoms with Gasteiger partial charge in [-0.05, 0) is 18.4 Å². The van der Waals surface area contributed by atoms with Crippen molar-refractivity contribution in [3.63, 3.8) is 0 Å². The maximum atomic E-state index is 9.87. The van der Waals surface area contributed by atoms with Crippen LogP contribution in [0.25, 0.3) is 0 Å². The Hall–Kier alpha value is -1.27. The molecule has 0 heterocycles. The summed E-state index contributed by atoms with van der Waals surface area (Å²) < 4.78 is 21.3. The number of methoxy groups -OCH3 is 1. The molecule has 176 valence electrons. The quantitative estimate of drug-likeness (QED) is 0.189. The molecule has 0 spiro atoms. The summed E-state index contributed by atoms with van der Waals surface area (Å²) in [6.45, 7) is 13.4. The third-order valence-electron chi connectivity index (χ3n) is 5.31. The zero-order chi connectivity index (χ0) is 22.2. The Bertz CT molecular complexity index is 649. The first-order valence-corrected chi connectivity index (χ1v) is 10.6. The predicted molar refractivity (Wildman–Crippen MR) is 120 cm³/mol. The van der Waals surface area contributed by atoms with Crippen LogP contribution >= 0.6 is 0 Å². The molecule has 5 nitrogen and oxygen atoms in total. The normalized spacial score (nSPS) is 12.0. The largest absolute Gasteiger partial charge is 2.00 e. The van der Waals surface area contributed by atoms with E-state index in [2.05, 4.69) is 27.7 Å². The second kappa shape index (κ2) is 18.3. The summed E-state index contributed by atoms with van der Waals surface area (Å²) in [5, 5.41) is 9.87. The van der Waals surface area contributed by atoms with E-state index in [1.54, 1.807) is 19.3 Å². The van der Waals surface area contributed by atoms with Gasteiger partial charge in [0.1, 0.15) is 0 Å². The molecular formula is C25H38FeO5. The third kappa shape index (κ3) is 11.8. The fraction of sp³-hybridized carbons (Fsp3) is 0.560. The van der Waals surface area contributed by atoms with E-state index in [0.717, 1.165) is 31.3 Å². The number of hydrogen-bond acceptors (Lipinski definition) is 5. The van der Waals surface area contributed by atoms with Gasteiger partial charge in [-0.25, -0.2) is 0 Å². The standard InChI is InChI=1S/C19H33O4.C6H6O.Fe/c1-15-16(2)18(4)19(17(15)3)7-6-8-21-11-12-23-14-13-22-10-9-20-5;7-5-6-3-1-2-4-6;/h6-14H2,1-5H3;1-5,7H;/q-1;;+2/p-1. The minimum Gasteiger partial charge on any atom is -0.877 e. The van der Waals surface area contributed by atoms with Gasteiger partial charge in [-0.2, -0.15) is 27.8 Å². The van der Waals surface area contributed by atoms with Crippen LogP contribution in [0.3, 0.4) is 0 Å². The van der Waals surface area contributed by atoms with Crippen LogP contribution in [0.4, 0.5) is 0 Å². The van der Waals surface area contributed by atoms with Gasteiger partial charge in [0.25, 0.3) is 0 Å². The molecule has 0 aromatic heterocycles. The first-order chi connectivity index (χ1) is 14.5. The molecule has 0 fully saturated rings. The SMILES string of the molecule is COCCOCCOCCOCCCc1c(C)c(C)c(C)[c-]1C.[Fe+2].[O-]C=C1C=CC=C1. The van der Waals surface area contributed by atoms with Gasteiger partial charge in [-0.15, -0.1) is 6.26 Å². The van der Waals surface area contributed by atoms with Crippen molar-refractivity contribution in [1.29, 1.82) is 0 Å². The number of rotatable bonds is 13. The van der Waals surface area contributed by atoms with E-state index in [9.17, 15) is 5.11 Å². The molecule has 0 N–H and O–H groups in total. The fourth-order valence-electron chi connectivity index (χ4n) is 3.17. The average molecular weight is 474 g/mol. The van der Waals surface area contributed by atoms with Crippen LogP contribution in [0.5, 0.6) is 0 Å². The van der Waals surface area contributed by atoms with E-state index in [-0.39, 0.29) is 17.1 Å². The van der Waals surface area contributed by atoms with E-state index >= 15 is 0 Å². The van der Waals surface area contributed by atoms with Crippen LogP contribution in [0.1, 0.15) is 34.2 Å². The van der Waals surface area contributed by atoms with Gasteiger partial charge in [0.2, 0.25) is 0 Å². The van der Waals surface area contributed by atoms with Crippen LogP contribution in [0.2, 0.25) is 0 Å². The average Bonchev–Trinajstić information content (AvgIpc) is 3.35. The van der Waals surface area contributed by atoms with Crippen LogP contribution < -0.4 is 5.11 Å². The maximum Gasteiger partial charge on any atom is 2.00 e. The molecule has 0 radical (unpaired) electrons. The molecular weight excluding hydrogens is 436 g/mol. The number of allylic oxidation sites excluding steroid dienone is 5. The molecule has 0 amide bonds. The van der Waals surface area contributed by atoms with E-state index in [0.29, 0.717) is 39.6 Å². The Morgan fingerprint density at radius 3 is 1.77 bits per heavy atom. The predicted octanol–water partition coefficient (Wildman–Crippen LogP) is 3.62. The summed E-state index contributed by atoms with van der Waals surface area (Å²) in [7, 11) is 1.67. The molecule has 1 aliphatic rings. The maximum absolute atomic E-state index is 9.87. The van der Waals surface area contributed by atoms with Gasteiger partial charge in [-0.3, -0.25) is 0 Å². The molecule has 0 atom stereocenters. The van der Waals surface area contributed by atoms with Crippen LogP contribution in [-0.4, -0.2) is 53.4 Å². The van der Waals surface area contributed by atoms with Gasteiger partial charge < -0.3 is 24.1 Å². The third-order valence-corrected chi connectivity index (χ3v) is 5.31. The molecule has 1 aromatic rings. The smallest absolute Gasteiger partial charge is 0.877 e. The van der Waals surface area contributed by atoms with Gasteiger partial charge >= 0.3 is 17.1 Å². The second-order valence-corrected chi connectivity index (χ2v) is 7.25. The monoisotopic (exact) mass is 474 g/mol. The van der Waals surface area contributed by atoms with E-state index < -0.39 is 0 Å². The molecule has 1 aliphatic carbocycles. The van der Waals surface area contributed by atoms with Crippen LogP contribution in [0, 0.1) is 27.7 Å². The topological polar surface area (TPSA) is 60.0 Å². The summed E-state index contributed by atoms with van der Waals surface area (Å²) in [6.07, 6.45) is 10.2. The zero-order valence-corrected chi connectivity index (χ0v) is 20.7. The Kier molecular flexibility index (Phi) is 17.6. The Balaban J connectivity index is 0.000000950. The fourth-order valence-corrected chi connectivity index (χ4v) is 3.17.